The van der Waals surface area contributed by atoms with Crippen molar-refractivity contribution in [3.05, 3.63) is 50.9 Å². The van der Waals surface area contributed by atoms with Gasteiger partial charge in [-0.3, -0.25) is 0 Å². The van der Waals surface area contributed by atoms with E-state index in [9.17, 15) is 9.35 Å². The van der Waals surface area contributed by atoms with Crippen molar-refractivity contribution in [2.45, 2.75) is 76.0 Å². The third kappa shape index (κ3) is 5.63. The van der Waals surface area contributed by atoms with Crippen LogP contribution in [0.1, 0.15) is 80.1 Å². The molecular weight excluding hydrogens is 519 g/mol. The fourth-order valence-electron chi connectivity index (χ4n) is 5.09. The predicted octanol–water partition coefficient (Wildman–Crippen LogP) is 5.39. The number of rotatable bonds is 6. The molecule has 10 heteroatoms. The summed E-state index contributed by atoms with van der Waals surface area (Å²) >= 11 is 11.6. The Morgan fingerprint density at radius 3 is 2.53 bits per heavy atom. The van der Waals surface area contributed by atoms with Crippen LogP contribution in [0.5, 0.6) is 0 Å². The van der Waals surface area contributed by atoms with Gasteiger partial charge >= 0.3 is 5.97 Å². The minimum Gasteiger partial charge on any atom is -0.598 e. The average molecular weight is 554 g/mol. The monoisotopic (exact) mass is 552 g/mol. The average Bonchev–Trinajstić information content (AvgIpc) is 2.99. The number of aromatic nitrogens is 2. The fraction of sp³-hybridized carbons (Fsp3) is 0.577. The molecular formula is C26H34Cl2N4O3S. The highest BCUT2D eigenvalue weighted by Crippen LogP contribution is 2.44. The summed E-state index contributed by atoms with van der Waals surface area (Å²) in [5.41, 5.74) is 2.03. The van der Waals surface area contributed by atoms with E-state index in [-0.39, 0.29) is 11.7 Å². The maximum Gasteiger partial charge on any atom is 0.343 e. The standard InChI is InChI=1S/C26H34Cl2N4O3S/c1-25(2,3)36(34)31-26(13-12-17-18(26)10-9-11-19(17)27)16-20-21(23(33)35-4)22(30-24(28)29-20)32-14-7-5-6-8-15-32/h9-11,31H,5-8,12-16H2,1-4H3/t26-,36+/m0/s1. The first-order chi connectivity index (χ1) is 17.1. The zero-order valence-corrected chi connectivity index (χ0v) is 23.7. The molecule has 1 N–H and O–H groups in total. The fourth-order valence-corrected chi connectivity index (χ4v) is 6.49. The van der Waals surface area contributed by atoms with Crippen molar-refractivity contribution >= 4 is 46.4 Å². The molecule has 1 aromatic heterocycles. The number of hydrogen-bond acceptors (Lipinski definition) is 7. The Morgan fingerprint density at radius 2 is 1.89 bits per heavy atom. The van der Waals surface area contributed by atoms with E-state index in [0.717, 1.165) is 49.9 Å². The number of ether oxygens (including phenoxy) is 1. The van der Waals surface area contributed by atoms with Crippen molar-refractivity contribution in [1.82, 2.24) is 14.7 Å². The molecule has 1 fully saturated rings. The summed E-state index contributed by atoms with van der Waals surface area (Å²) in [5.74, 6) is 0.00693. The molecule has 2 heterocycles. The summed E-state index contributed by atoms with van der Waals surface area (Å²) in [6.45, 7) is 7.35. The van der Waals surface area contributed by atoms with E-state index in [1.165, 1.54) is 7.11 Å². The number of fused-ring (bicyclic) bond motifs is 1. The molecule has 2 atom stereocenters. The van der Waals surface area contributed by atoms with E-state index >= 15 is 0 Å². The van der Waals surface area contributed by atoms with Crippen molar-refractivity contribution in [1.29, 1.82) is 0 Å². The van der Waals surface area contributed by atoms with Gasteiger partial charge in [-0.2, -0.15) is 4.98 Å². The van der Waals surface area contributed by atoms with Crippen molar-refractivity contribution in [3.63, 3.8) is 0 Å². The predicted molar refractivity (Wildman–Crippen MR) is 145 cm³/mol. The van der Waals surface area contributed by atoms with Gasteiger partial charge in [0.2, 0.25) is 5.28 Å². The third-order valence-corrected chi connectivity index (χ3v) is 9.19. The maximum atomic E-state index is 13.4. The molecule has 1 aromatic carbocycles. The van der Waals surface area contributed by atoms with Crippen molar-refractivity contribution in [2.24, 2.45) is 0 Å². The number of nitrogens with one attached hydrogen (secondary N) is 1. The quantitative estimate of drug-likeness (QED) is 0.292. The Balaban J connectivity index is 1.85. The Labute approximate surface area is 226 Å². The summed E-state index contributed by atoms with van der Waals surface area (Å²) in [6, 6.07) is 5.78. The van der Waals surface area contributed by atoms with Crippen molar-refractivity contribution in [2.75, 3.05) is 25.1 Å². The minimum absolute atomic E-state index is 0.0771. The zero-order chi connectivity index (χ0) is 26.1. The van der Waals surface area contributed by atoms with Gasteiger partial charge in [0.15, 0.2) is 0 Å². The number of anilines is 1. The second kappa shape index (κ2) is 11.0. The maximum absolute atomic E-state index is 13.4. The van der Waals surface area contributed by atoms with E-state index in [1.54, 1.807) is 0 Å². The van der Waals surface area contributed by atoms with Gasteiger partial charge in [-0.15, -0.1) is 4.72 Å². The summed E-state index contributed by atoms with van der Waals surface area (Å²) < 4.78 is 21.5. The van der Waals surface area contributed by atoms with Crippen LogP contribution in [0.15, 0.2) is 18.2 Å². The molecule has 0 radical (unpaired) electrons. The first kappa shape index (κ1) is 27.5. The molecule has 36 heavy (non-hydrogen) atoms. The molecule has 0 amide bonds. The summed E-state index contributed by atoms with van der Waals surface area (Å²) in [5, 5.41) is 0.755. The molecule has 0 spiro atoms. The van der Waals surface area contributed by atoms with E-state index < -0.39 is 27.6 Å². The van der Waals surface area contributed by atoms with Gasteiger partial charge in [-0.1, -0.05) is 36.6 Å². The number of nitrogens with zero attached hydrogens (tertiary/aromatic N) is 3. The van der Waals surface area contributed by atoms with Gasteiger partial charge in [0, 0.05) is 35.9 Å². The molecule has 1 saturated heterocycles. The largest absolute Gasteiger partial charge is 0.598 e. The molecule has 4 rings (SSSR count). The van der Waals surface area contributed by atoms with E-state index in [0.29, 0.717) is 34.9 Å². The first-order valence-corrected chi connectivity index (χ1v) is 14.3. The van der Waals surface area contributed by atoms with Crippen LogP contribution in [-0.4, -0.2) is 45.4 Å². The highest BCUT2D eigenvalue weighted by Gasteiger charge is 2.47. The lowest BCUT2D eigenvalue weighted by molar-refractivity contribution is 0.0598. The summed E-state index contributed by atoms with van der Waals surface area (Å²) in [7, 11) is 1.36. The lowest BCUT2D eigenvalue weighted by Crippen LogP contribution is -2.52. The van der Waals surface area contributed by atoms with Crippen molar-refractivity contribution < 1.29 is 14.1 Å². The van der Waals surface area contributed by atoms with Gasteiger partial charge in [0.05, 0.1) is 18.3 Å². The second-order valence-electron chi connectivity index (χ2n) is 10.5. The number of esters is 1. The lowest BCUT2D eigenvalue weighted by atomic mass is 9.86. The van der Waals surface area contributed by atoms with E-state index in [4.69, 9.17) is 27.9 Å². The molecule has 7 nitrogen and oxygen atoms in total. The number of carbonyl (C=O) groups is 1. The van der Waals surface area contributed by atoms with Gasteiger partial charge < -0.3 is 14.2 Å². The Hall–Kier alpha value is -1.58. The van der Waals surface area contributed by atoms with Crippen LogP contribution in [0.4, 0.5) is 5.82 Å². The van der Waals surface area contributed by atoms with Crippen LogP contribution in [0.2, 0.25) is 10.3 Å². The molecule has 0 unspecified atom stereocenters. The smallest absolute Gasteiger partial charge is 0.343 e. The van der Waals surface area contributed by atoms with Gasteiger partial charge in [0.1, 0.15) is 16.1 Å². The second-order valence-corrected chi connectivity index (χ2v) is 13.3. The van der Waals surface area contributed by atoms with E-state index in [1.807, 2.05) is 39.0 Å². The molecule has 1 aliphatic heterocycles. The molecule has 0 saturated carbocycles. The number of carbonyl (C=O) groups excluding carboxylic acids is 1. The van der Waals surface area contributed by atoms with Crippen LogP contribution in [0.25, 0.3) is 0 Å². The highest BCUT2D eigenvalue weighted by atomic mass is 35.5. The van der Waals surface area contributed by atoms with E-state index in [2.05, 4.69) is 19.6 Å². The summed E-state index contributed by atoms with van der Waals surface area (Å²) in [6.07, 6.45) is 5.95. The normalized spacial score (nSPS) is 21.1. The van der Waals surface area contributed by atoms with Crippen LogP contribution < -0.4 is 9.62 Å². The van der Waals surface area contributed by atoms with Crippen molar-refractivity contribution in [3.8, 4) is 0 Å². The van der Waals surface area contributed by atoms with Crippen LogP contribution in [-0.2, 0) is 34.5 Å². The molecule has 0 bridgehead atoms. The van der Waals surface area contributed by atoms with Crippen LogP contribution in [0.3, 0.4) is 0 Å². The topological polar surface area (TPSA) is 90.4 Å². The Kier molecular flexibility index (Phi) is 8.42. The minimum atomic E-state index is -1.39. The molecule has 1 aliphatic carbocycles. The Bertz CT molecular complexity index is 1120. The zero-order valence-electron chi connectivity index (χ0n) is 21.3. The molecule has 196 valence electrons. The number of halogens is 2. The molecule has 2 aliphatic rings. The molecule has 2 aromatic rings. The summed E-state index contributed by atoms with van der Waals surface area (Å²) in [4.78, 5) is 24.3. The number of benzene rings is 1. The first-order valence-electron chi connectivity index (χ1n) is 12.4. The van der Waals surface area contributed by atoms with Crippen LogP contribution in [0, 0.1) is 0 Å². The third-order valence-electron chi connectivity index (χ3n) is 6.98. The lowest BCUT2D eigenvalue weighted by Gasteiger charge is -2.36. The highest BCUT2D eigenvalue weighted by molar-refractivity contribution is 7.90. The van der Waals surface area contributed by atoms with Gasteiger partial charge in [-0.05, 0) is 75.2 Å². The Morgan fingerprint density at radius 1 is 1.19 bits per heavy atom. The van der Waals surface area contributed by atoms with Gasteiger partial charge in [-0.25, -0.2) is 9.78 Å². The van der Waals surface area contributed by atoms with Gasteiger partial charge in [0.25, 0.3) is 0 Å². The number of methoxy groups -OCH3 is 1. The SMILES string of the molecule is COC(=O)c1c(C[C@@]2(N[S@+]([O-])C(C)(C)C)CCc3c(Cl)cccc32)nc(Cl)nc1N1CCCCCC1. The van der Waals surface area contributed by atoms with Crippen LogP contribution >= 0.6 is 23.2 Å². The number of hydrogen-bond donors (Lipinski definition) is 1.